The normalized spacial score (nSPS) is 14.6. The van der Waals surface area contributed by atoms with E-state index in [0.717, 1.165) is 25.9 Å². The molecule has 0 unspecified atom stereocenters. The summed E-state index contributed by atoms with van der Waals surface area (Å²) in [5, 5.41) is 6.02. The van der Waals surface area contributed by atoms with Gasteiger partial charge in [0.15, 0.2) is 0 Å². The molecule has 8 heteroatoms. The van der Waals surface area contributed by atoms with Crippen LogP contribution in [-0.4, -0.2) is 46.5 Å². The van der Waals surface area contributed by atoms with Crippen LogP contribution in [0.5, 0.6) is 0 Å². The van der Waals surface area contributed by atoms with Crippen molar-refractivity contribution in [2.45, 2.75) is 39.2 Å². The van der Waals surface area contributed by atoms with Crippen molar-refractivity contribution in [2.75, 3.05) is 29.9 Å². The van der Waals surface area contributed by atoms with Crippen LogP contribution in [0.3, 0.4) is 0 Å². The van der Waals surface area contributed by atoms with Gasteiger partial charge in [-0.1, -0.05) is 0 Å². The number of hydrogen-bond donors (Lipinski definition) is 2. The van der Waals surface area contributed by atoms with Crippen molar-refractivity contribution in [3.8, 4) is 0 Å². The smallest absolute Gasteiger partial charge is 0.231 e. The van der Waals surface area contributed by atoms with Crippen LogP contribution in [0, 0.1) is 0 Å². The van der Waals surface area contributed by atoms with Gasteiger partial charge in [0.05, 0.1) is 0 Å². The fraction of sp³-hybridized carbons (Fsp3) is 0.692. The van der Waals surface area contributed by atoms with Gasteiger partial charge in [0.1, 0.15) is 0 Å². The number of carbonyl (C=O) groups excluding carboxylic acids is 1. The molecule has 0 aromatic carbocycles. The summed E-state index contributed by atoms with van der Waals surface area (Å²) in [6.07, 6.45) is 2.64. The molecule has 1 aliphatic rings. The average molecular weight is 313 g/mol. The third kappa shape index (κ3) is 5.00. The molecule has 116 valence electrons. The molecule has 1 saturated heterocycles. The number of anilines is 2. The van der Waals surface area contributed by atoms with E-state index in [9.17, 15) is 4.79 Å². The fourth-order valence-corrected chi connectivity index (χ4v) is 2.31. The van der Waals surface area contributed by atoms with Crippen molar-refractivity contribution in [1.29, 1.82) is 0 Å². The molecule has 2 rings (SSSR count). The van der Waals surface area contributed by atoms with Gasteiger partial charge in [-0.3, -0.25) is 4.79 Å². The first-order valence-electron chi connectivity index (χ1n) is 7.24. The Kier molecular flexibility index (Phi) is 5.55. The van der Waals surface area contributed by atoms with Crippen molar-refractivity contribution >= 4 is 29.4 Å². The predicted molar refractivity (Wildman–Crippen MR) is 82.7 cm³/mol. The van der Waals surface area contributed by atoms with Gasteiger partial charge >= 0.3 is 0 Å². The second-order valence-electron chi connectivity index (χ2n) is 5.32. The van der Waals surface area contributed by atoms with Gasteiger partial charge in [-0.25, -0.2) is 0 Å². The lowest BCUT2D eigenvalue weighted by atomic mass is 10.3. The SMILES string of the molecule is CC(C)NC(=O)CCNc1nc(Cl)nc(N2CCCC2)n1. The Labute approximate surface area is 129 Å². The predicted octanol–water partition coefficient (Wildman–Crippen LogP) is 1.45. The molecule has 1 aromatic rings. The molecule has 0 bridgehead atoms. The van der Waals surface area contributed by atoms with Crippen molar-refractivity contribution in [1.82, 2.24) is 20.3 Å². The first kappa shape index (κ1) is 15.8. The van der Waals surface area contributed by atoms with Crippen molar-refractivity contribution < 1.29 is 4.79 Å². The van der Waals surface area contributed by atoms with E-state index in [-0.39, 0.29) is 17.2 Å². The molecule has 1 amide bonds. The van der Waals surface area contributed by atoms with Crippen LogP contribution in [0.1, 0.15) is 33.1 Å². The molecular weight excluding hydrogens is 292 g/mol. The highest BCUT2D eigenvalue weighted by molar-refractivity contribution is 6.28. The highest BCUT2D eigenvalue weighted by atomic mass is 35.5. The number of hydrogen-bond acceptors (Lipinski definition) is 6. The maximum absolute atomic E-state index is 11.5. The Morgan fingerprint density at radius 1 is 1.29 bits per heavy atom. The minimum absolute atomic E-state index is 0.00239. The van der Waals surface area contributed by atoms with Gasteiger partial charge < -0.3 is 15.5 Å². The Balaban J connectivity index is 1.89. The number of halogens is 1. The molecule has 0 saturated carbocycles. The molecule has 2 N–H and O–H groups in total. The Bertz CT molecular complexity index is 490. The van der Waals surface area contributed by atoms with Crippen LogP contribution >= 0.6 is 11.6 Å². The van der Waals surface area contributed by atoms with Gasteiger partial charge in [-0.2, -0.15) is 15.0 Å². The zero-order valence-electron chi connectivity index (χ0n) is 12.4. The summed E-state index contributed by atoms with van der Waals surface area (Å²) in [4.78, 5) is 26.2. The van der Waals surface area contributed by atoms with Crippen LogP contribution in [0.4, 0.5) is 11.9 Å². The molecule has 1 aliphatic heterocycles. The molecule has 1 aromatic heterocycles. The van der Waals surface area contributed by atoms with E-state index in [4.69, 9.17) is 11.6 Å². The van der Waals surface area contributed by atoms with Crippen molar-refractivity contribution in [2.24, 2.45) is 0 Å². The second kappa shape index (κ2) is 7.40. The molecule has 0 radical (unpaired) electrons. The first-order valence-corrected chi connectivity index (χ1v) is 7.62. The molecule has 0 atom stereocenters. The number of rotatable bonds is 6. The lowest BCUT2D eigenvalue weighted by Gasteiger charge is -2.15. The second-order valence-corrected chi connectivity index (χ2v) is 5.66. The molecule has 2 heterocycles. The van der Waals surface area contributed by atoms with Crippen LogP contribution in [0.2, 0.25) is 5.28 Å². The number of nitrogens with zero attached hydrogens (tertiary/aromatic N) is 4. The minimum atomic E-state index is -0.00239. The lowest BCUT2D eigenvalue weighted by molar-refractivity contribution is -0.121. The molecule has 0 aliphatic carbocycles. The molecule has 0 spiro atoms. The van der Waals surface area contributed by atoms with E-state index >= 15 is 0 Å². The van der Waals surface area contributed by atoms with Crippen molar-refractivity contribution in [3.05, 3.63) is 5.28 Å². The van der Waals surface area contributed by atoms with Gasteiger partial charge in [-0.05, 0) is 38.3 Å². The molecular formula is C13H21ClN6O. The van der Waals surface area contributed by atoms with Crippen LogP contribution in [0.25, 0.3) is 0 Å². The number of amides is 1. The summed E-state index contributed by atoms with van der Waals surface area (Å²) >= 11 is 5.93. The van der Waals surface area contributed by atoms with E-state index in [0.29, 0.717) is 24.9 Å². The highest BCUT2D eigenvalue weighted by Crippen LogP contribution is 2.18. The lowest BCUT2D eigenvalue weighted by Crippen LogP contribution is -2.31. The summed E-state index contributed by atoms with van der Waals surface area (Å²) in [6.45, 7) is 6.20. The number of nitrogens with one attached hydrogen (secondary N) is 2. The maximum Gasteiger partial charge on any atom is 0.231 e. The summed E-state index contributed by atoms with van der Waals surface area (Å²) in [5.41, 5.74) is 0. The quantitative estimate of drug-likeness (QED) is 0.827. The fourth-order valence-electron chi connectivity index (χ4n) is 2.16. The zero-order valence-corrected chi connectivity index (χ0v) is 13.2. The Hall–Kier alpha value is -1.63. The average Bonchev–Trinajstić information content (AvgIpc) is 2.91. The van der Waals surface area contributed by atoms with Crippen LogP contribution < -0.4 is 15.5 Å². The van der Waals surface area contributed by atoms with E-state index < -0.39 is 0 Å². The van der Waals surface area contributed by atoms with Crippen LogP contribution in [-0.2, 0) is 4.79 Å². The summed E-state index contributed by atoms with van der Waals surface area (Å²) in [5.74, 6) is 1.01. The highest BCUT2D eigenvalue weighted by Gasteiger charge is 2.17. The van der Waals surface area contributed by atoms with Crippen LogP contribution in [0.15, 0.2) is 0 Å². The first-order chi connectivity index (χ1) is 10.0. The molecule has 1 fully saturated rings. The Morgan fingerprint density at radius 3 is 2.67 bits per heavy atom. The van der Waals surface area contributed by atoms with E-state index in [1.54, 1.807) is 0 Å². The monoisotopic (exact) mass is 312 g/mol. The summed E-state index contributed by atoms with van der Waals surface area (Å²) in [6, 6.07) is 0.144. The molecule has 21 heavy (non-hydrogen) atoms. The largest absolute Gasteiger partial charge is 0.354 e. The molecule has 7 nitrogen and oxygen atoms in total. The van der Waals surface area contributed by atoms with Crippen molar-refractivity contribution in [3.63, 3.8) is 0 Å². The number of aromatic nitrogens is 3. The van der Waals surface area contributed by atoms with E-state index in [2.05, 4.69) is 30.5 Å². The summed E-state index contributed by atoms with van der Waals surface area (Å²) < 4.78 is 0. The topological polar surface area (TPSA) is 83.0 Å². The standard InChI is InChI=1S/C13H21ClN6O/c1-9(2)16-10(21)5-6-15-12-17-11(14)18-13(19-12)20-7-3-4-8-20/h9H,3-8H2,1-2H3,(H,16,21)(H,15,17,18,19). The minimum Gasteiger partial charge on any atom is -0.354 e. The van der Waals surface area contributed by atoms with E-state index in [1.807, 2.05) is 13.8 Å². The third-order valence-corrected chi connectivity index (χ3v) is 3.24. The zero-order chi connectivity index (χ0) is 15.2. The summed E-state index contributed by atoms with van der Waals surface area (Å²) in [7, 11) is 0. The third-order valence-electron chi connectivity index (χ3n) is 3.07. The van der Waals surface area contributed by atoms with Gasteiger partial charge in [0, 0.05) is 32.1 Å². The van der Waals surface area contributed by atoms with Gasteiger partial charge in [0.2, 0.25) is 23.1 Å². The Morgan fingerprint density at radius 2 is 2.00 bits per heavy atom. The van der Waals surface area contributed by atoms with Gasteiger partial charge in [-0.15, -0.1) is 0 Å². The maximum atomic E-state index is 11.5. The number of carbonyl (C=O) groups is 1. The van der Waals surface area contributed by atoms with Gasteiger partial charge in [0.25, 0.3) is 0 Å². The van der Waals surface area contributed by atoms with E-state index in [1.165, 1.54) is 0 Å².